The van der Waals surface area contributed by atoms with Gasteiger partial charge >= 0.3 is 0 Å². The minimum atomic E-state index is -0.292. The number of carbonyl (C=O) groups is 1. The first-order chi connectivity index (χ1) is 11.1. The molecule has 0 aromatic carbocycles. The summed E-state index contributed by atoms with van der Waals surface area (Å²) in [4.78, 5) is 27.6. The Bertz CT molecular complexity index is 853. The van der Waals surface area contributed by atoms with Crippen molar-refractivity contribution in [2.45, 2.75) is 6.92 Å². The molecule has 24 heavy (non-hydrogen) atoms. The second kappa shape index (κ2) is 6.04. The Labute approximate surface area is 144 Å². The zero-order valence-electron chi connectivity index (χ0n) is 13.2. The van der Waals surface area contributed by atoms with Gasteiger partial charge in [0.15, 0.2) is 11.5 Å². The van der Waals surface area contributed by atoms with Crippen molar-refractivity contribution >= 4 is 42.0 Å². The van der Waals surface area contributed by atoms with Crippen LogP contribution in [0.1, 0.15) is 21.7 Å². The molecule has 9 heteroatoms. The lowest BCUT2D eigenvalue weighted by atomic mass is 10.1. The number of aryl methyl sites for hydroxylation is 2. The predicted molar refractivity (Wildman–Crippen MR) is 93.6 cm³/mol. The Kier molecular flexibility index (Phi) is 4.06. The number of nitrogens with one attached hydrogen (secondary N) is 1. The number of fused-ring (bicyclic) bond motifs is 3. The molecule has 0 saturated heterocycles. The minimum absolute atomic E-state index is 0. The van der Waals surface area contributed by atoms with Crippen LogP contribution in [0.25, 0.3) is 0 Å². The number of pyridine rings is 1. The van der Waals surface area contributed by atoms with Crippen LogP contribution in [-0.4, -0.2) is 50.8 Å². The standard InChI is InChI=1S/C15H15N7O.ClH/c1-9-3-4-10(7-17-9)19-15(23)12-11-13(21(2)20-12)18-8-22-6-5-16-14(11)22;/h3-4,7-8H,5-6H2,1-2H3,(H,19,23);1H. The summed E-state index contributed by atoms with van der Waals surface area (Å²) in [6.45, 7) is 3.36. The Hall–Kier alpha value is -2.74. The van der Waals surface area contributed by atoms with E-state index >= 15 is 0 Å². The molecule has 0 fully saturated rings. The van der Waals surface area contributed by atoms with Crippen LogP contribution in [0.15, 0.2) is 28.3 Å². The predicted octanol–water partition coefficient (Wildman–Crippen LogP) is 1.53. The number of aromatic nitrogens is 3. The first-order valence-electron chi connectivity index (χ1n) is 7.30. The van der Waals surface area contributed by atoms with Gasteiger partial charge in [0.2, 0.25) is 0 Å². The molecule has 8 nitrogen and oxygen atoms in total. The molecular formula is C15H16ClN7O. The van der Waals surface area contributed by atoms with Gasteiger partial charge in [-0.15, -0.1) is 12.4 Å². The van der Waals surface area contributed by atoms with Crippen LogP contribution < -0.4 is 5.32 Å². The fourth-order valence-electron chi connectivity index (χ4n) is 2.68. The van der Waals surface area contributed by atoms with Crippen LogP contribution >= 0.6 is 12.4 Å². The summed E-state index contributed by atoms with van der Waals surface area (Å²) in [5.74, 6) is 1.11. The van der Waals surface area contributed by atoms with Crippen molar-refractivity contribution in [1.29, 1.82) is 0 Å². The van der Waals surface area contributed by atoms with E-state index in [1.54, 1.807) is 24.3 Å². The third-order valence-corrected chi connectivity index (χ3v) is 3.82. The van der Waals surface area contributed by atoms with E-state index in [4.69, 9.17) is 0 Å². The fraction of sp³-hybridized carbons (Fsp3) is 0.267. The maximum Gasteiger partial charge on any atom is 0.277 e. The SMILES string of the molecule is Cc1ccc(NC(=O)c2nn(C)c3c2C2=NCCN2C=N3)cn1.Cl. The number of hydrogen-bond donors (Lipinski definition) is 1. The van der Waals surface area contributed by atoms with Gasteiger partial charge in [0.25, 0.3) is 5.91 Å². The zero-order chi connectivity index (χ0) is 16.0. The maximum absolute atomic E-state index is 12.6. The van der Waals surface area contributed by atoms with Crippen LogP contribution in [0.5, 0.6) is 0 Å². The van der Waals surface area contributed by atoms with E-state index < -0.39 is 0 Å². The average Bonchev–Trinajstić information content (AvgIpc) is 3.14. The van der Waals surface area contributed by atoms with E-state index in [1.165, 1.54) is 0 Å². The Morgan fingerprint density at radius 1 is 1.33 bits per heavy atom. The highest BCUT2D eigenvalue weighted by molar-refractivity contribution is 6.18. The number of aliphatic imine (C=N–C) groups is 2. The van der Waals surface area contributed by atoms with Crippen LogP contribution in [0, 0.1) is 6.92 Å². The molecule has 0 aliphatic carbocycles. The molecule has 1 N–H and O–H groups in total. The van der Waals surface area contributed by atoms with Crippen LogP contribution in [-0.2, 0) is 7.05 Å². The molecule has 0 spiro atoms. The maximum atomic E-state index is 12.6. The highest BCUT2D eigenvalue weighted by atomic mass is 35.5. The van der Waals surface area contributed by atoms with Crippen molar-refractivity contribution in [2.75, 3.05) is 18.4 Å². The van der Waals surface area contributed by atoms with Gasteiger partial charge in [0.05, 0.1) is 30.3 Å². The first-order valence-corrected chi connectivity index (χ1v) is 7.30. The molecule has 0 unspecified atom stereocenters. The van der Waals surface area contributed by atoms with Gasteiger partial charge in [0.1, 0.15) is 5.84 Å². The molecule has 4 rings (SSSR count). The zero-order valence-corrected chi connectivity index (χ0v) is 14.0. The first kappa shape index (κ1) is 16.1. The smallest absolute Gasteiger partial charge is 0.277 e. The summed E-state index contributed by atoms with van der Waals surface area (Å²) in [6, 6.07) is 3.66. The molecule has 0 radical (unpaired) electrons. The van der Waals surface area contributed by atoms with Crippen molar-refractivity contribution < 1.29 is 4.79 Å². The number of anilines is 1. The van der Waals surface area contributed by atoms with Crippen molar-refractivity contribution in [3.63, 3.8) is 0 Å². The average molecular weight is 346 g/mol. The topological polar surface area (TPSA) is 87.8 Å². The highest BCUT2D eigenvalue weighted by Gasteiger charge is 2.32. The third kappa shape index (κ3) is 2.54. The van der Waals surface area contributed by atoms with Crippen molar-refractivity contribution in [2.24, 2.45) is 17.0 Å². The largest absolute Gasteiger partial charge is 0.319 e. The van der Waals surface area contributed by atoms with Crippen molar-refractivity contribution in [3.05, 3.63) is 35.3 Å². The molecular weight excluding hydrogens is 330 g/mol. The van der Waals surface area contributed by atoms with Crippen LogP contribution in [0.2, 0.25) is 0 Å². The van der Waals surface area contributed by atoms with E-state index in [-0.39, 0.29) is 18.3 Å². The molecule has 0 saturated carbocycles. The summed E-state index contributed by atoms with van der Waals surface area (Å²) < 4.78 is 1.60. The number of amides is 1. The number of hydrogen-bond acceptors (Lipinski definition) is 6. The van der Waals surface area contributed by atoms with Gasteiger partial charge in [-0.2, -0.15) is 5.10 Å². The minimum Gasteiger partial charge on any atom is -0.319 e. The molecule has 4 heterocycles. The van der Waals surface area contributed by atoms with Crippen molar-refractivity contribution in [3.8, 4) is 0 Å². The normalized spacial score (nSPS) is 14.6. The van der Waals surface area contributed by atoms with E-state index in [1.807, 2.05) is 24.0 Å². The Morgan fingerprint density at radius 3 is 2.92 bits per heavy atom. The molecule has 2 aromatic rings. The lowest BCUT2D eigenvalue weighted by molar-refractivity contribution is 0.102. The molecule has 1 amide bonds. The van der Waals surface area contributed by atoms with Crippen molar-refractivity contribution in [1.82, 2.24) is 19.7 Å². The number of rotatable bonds is 2. The van der Waals surface area contributed by atoms with Gasteiger partial charge in [-0.1, -0.05) is 0 Å². The fourth-order valence-corrected chi connectivity index (χ4v) is 2.68. The lowest BCUT2D eigenvalue weighted by Crippen LogP contribution is -2.30. The number of halogens is 1. The van der Waals surface area contributed by atoms with Gasteiger partial charge in [-0.3, -0.25) is 14.8 Å². The van der Waals surface area contributed by atoms with Gasteiger partial charge in [-0.25, -0.2) is 9.67 Å². The molecule has 0 bridgehead atoms. The Morgan fingerprint density at radius 2 is 2.17 bits per heavy atom. The molecule has 2 aliphatic rings. The molecule has 2 aliphatic heterocycles. The number of amidine groups is 1. The summed E-state index contributed by atoms with van der Waals surface area (Å²) in [5, 5.41) is 7.16. The third-order valence-electron chi connectivity index (χ3n) is 3.82. The van der Waals surface area contributed by atoms with Gasteiger partial charge in [-0.05, 0) is 19.1 Å². The van der Waals surface area contributed by atoms with Crippen LogP contribution in [0.4, 0.5) is 11.5 Å². The van der Waals surface area contributed by atoms with E-state index in [0.29, 0.717) is 29.3 Å². The second-order valence-electron chi connectivity index (χ2n) is 5.46. The second-order valence-corrected chi connectivity index (χ2v) is 5.46. The monoisotopic (exact) mass is 345 g/mol. The van der Waals surface area contributed by atoms with Gasteiger partial charge in [0, 0.05) is 19.3 Å². The van der Waals surface area contributed by atoms with E-state index in [9.17, 15) is 4.79 Å². The lowest BCUT2D eigenvalue weighted by Gasteiger charge is -2.18. The summed E-state index contributed by atoms with van der Waals surface area (Å²) >= 11 is 0. The molecule has 0 atom stereocenters. The molecule has 124 valence electrons. The van der Waals surface area contributed by atoms with E-state index in [0.717, 1.165) is 18.1 Å². The Balaban J connectivity index is 0.00000169. The summed E-state index contributed by atoms with van der Waals surface area (Å²) in [6.07, 6.45) is 3.36. The highest BCUT2D eigenvalue weighted by Crippen LogP contribution is 2.29. The van der Waals surface area contributed by atoms with E-state index in [2.05, 4.69) is 25.4 Å². The van der Waals surface area contributed by atoms with Crippen LogP contribution in [0.3, 0.4) is 0 Å². The summed E-state index contributed by atoms with van der Waals surface area (Å²) in [5.41, 5.74) is 2.53. The quantitative estimate of drug-likeness (QED) is 0.894. The summed E-state index contributed by atoms with van der Waals surface area (Å²) in [7, 11) is 1.77. The number of carbonyl (C=O) groups excluding carboxylic acids is 1. The number of nitrogens with zero attached hydrogens (tertiary/aromatic N) is 6. The molecule has 2 aromatic heterocycles. The van der Waals surface area contributed by atoms with Gasteiger partial charge < -0.3 is 10.2 Å².